The van der Waals surface area contributed by atoms with Crippen LogP contribution in [0.1, 0.15) is 20.8 Å². The Bertz CT molecular complexity index is 532. The topological polar surface area (TPSA) is 80.3 Å². The van der Waals surface area contributed by atoms with Crippen molar-refractivity contribution >= 4 is 39.0 Å². The van der Waals surface area contributed by atoms with Gasteiger partial charge in [0.2, 0.25) is 0 Å². The number of rotatable bonds is 5. The third-order valence-corrected chi connectivity index (χ3v) is 4.65. The number of fused-ring (bicyclic) bond motifs is 1. The molecule has 2 fully saturated rings. The van der Waals surface area contributed by atoms with Crippen molar-refractivity contribution in [2.75, 3.05) is 11.1 Å². The summed E-state index contributed by atoms with van der Waals surface area (Å²) >= 11 is 4.16. The average Bonchev–Trinajstić information content (AvgIpc) is 2.95. The number of carbonyl (C=O) groups is 2. The van der Waals surface area contributed by atoms with Gasteiger partial charge < -0.3 is 23.7 Å². The van der Waals surface area contributed by atoms with E-state index in [1.807, 2.05) is 0 Å². The highest BCUT2D eigenvalue weighted by Crippen LogP contribution is 2.40. The van der Waals surface area contributed by atoms with Gasteiger partial charge >= 0.3 is 11.3 Å². The number of esters is 1. The van der Waals surface area contributed by atoms with Crippen LogP contribution in [0.3, 0.4) is 0 Å². The lowest BCUT2D eigenvalue weighted by atomic mass is 10.1. The molecule has 2 aliphatic rings. The summed E-state index contributed by atoms with van der Waals surface area (Å²) in [5.41, 5.74) is 0. The van der Waals surface area contributed by atoms with Gasteiger partial charge in [0, 0.05) is 12.3 Å². The van der Waals surface area contributed by atoms with E-state index in [9.17, 15) is 9.59 Å². The molecule has 24 heavy (non-hydrogen) atoms. The monoisotopic (exact) mass is 422 g/mol. The van der Waals surface area contributed by atoms with Gasteiger partial charge in [-0.25, -0.2) is 4.79 Å². The van der Waals surface area contributed by atoms with Crippen LogP contribution in [0.25, 0.3) is 0 Å². The van der Waals surface area contributed by atoms with E-state index >= 15 is 0 Å². The lowest BCUT2D eigenvalue weighted by molar-refractivity contribution is -0.227. The summed E-state index contributed by atoms with van der Waals surface area (Å²) < 4.78 is 28.0. The molecular formula is C15H19BrO7S. The average molecular weight is 423 g/mol. The summed E-state index contributed by atoms with van der Waals surface area (Å²) in [5.74, 6) is 1.22. The van der Waals surface area contributed by atoms with Crippen molar-refractivity contribution in [1.82, 2.24) is 0 Å². The second kappa shape index (κ2) is 8.06. The van der Waals surface area contributed by atoms with Gasteiger partial charge in [-0.3, -0.25) is 4.79 Å². The van der Waals surface area contributed by atoms with Crippen molar-refractivity contribution in [1.29, 1.82) is 0 Å². The predicted molar refractivity (Wildman–Crippen MR) is 89.6 cm³/mol. The molecule has 0 aromatic carbocycles. The van der Waals surface area contributed by atoms with Crippen LogP contribution in [0.15, 0.2) is 0 Å². The second-order valence-corrected chi connectivity index (χ2v) is 7.25. The second-order valence-electron chi connectivity index (χ2n) is 5.70. The van der Waals surface area contributed by atoms with Crippen LogP contribution in [-0.4, -0.2) is 58.8 Å². The highest BCUT2D eigenvalue weighted by Gasteiger charge is 2.58. The van der Waals surface area contributed by atoms with Crippen molar-refractivity contribution in [3.05, 3.63) is 0 Å². The Morgan fingerprint density at radius 3 is 2.71 bits per heavy atom. The zero-order chi connectivity index (χ0) is 17.9. The first-order chi connectivity index (χ1) is 11.3. The number of hydrogen-bond donors (Lipinski definition) is 0. The quantitative estimate of drug-likeness (QED) is 0.378. The third kappa shape index (κ3) is 4.64. The fourth-order valence-electron chi connectivity index (χ4n) is 2.57. The van der Waals surface area contributed by atoms with Crippen LogP contribution >= 0.6 is 27.7 Å². The van der Waals surface area contributed by atoms with Gasteiger partial charge in [-0.2, -0.15) is 0 Å². The van der Waals surface area contributed by atoms with Crippen LogP contribution in [0.5, 0.6) is 0 Å². The highest BCUT2D eigenvalue weighted by atomic mass is 79.9. The maximum Gasteiger partial charge on any atom is 0.368 e. The molecule has 0 amide bonds. The molecule has 2 saturated heterocycles. The van der Waals surface area contributed by atoms with Crippen LogP contribution in [0.4, 0.5) is 4.79 Å². The number of thioether (sulfide) groups is 1. The summed E-state index contributed by atoms with van der Waals surface area (Å²) in [6, 6.07) is 0. The van der Waals surface area contributed by atoms with Gasteiger partial charge in [-0.05, 0) is 25.6 Å². The first kappa shape index (κ1) is 19.5. The summed E-state index contributed by atoms with van der Waals surface area (Å²) in [4.78, 5) is 23.3. The van der Waals surface area contributed by atoms with Crippen molar-refractivity contribution in [3.63, 3.8) is 0 Å². The van der Waals surface area contributed by atoms with Crippen molar-refractivity contribution in [3.8, 4) is 12.3 Å². The minimum atomic E-state index is -0.845. The van der Waals surface area contributed by atoms with E-state index in [1.165, 1.54) is 6.92 Å². The highest BCUT2D eigenvalue weighted by molar-refractivity contribution is 9.09. The van der Waals surface area contributed by atoms with Gasteiger partial charge in [-0.1, -0.05) is 21.9 Å². The van der Waals surface area contributed by atoms with E-state index < -0.39 is 47.8 Å². The summed E-state index contributed by atoms with van der Waals surface area (Å²) in [5, 5.41) is -0.234. The van der Waals surface area contributed by atoms with Gasteiger partial charge in [0.15, 0.2) is 24.3 Å². The minimum absolute atomic E-state index is 0.207. The molecule has 0 spiro atoms. The lowest BCUT2D eigenvalue weighted by Crippen LogP contribution is -2.45. The Labute approximate surface area is 153 Å². The molecule has 9 heteroatoms. The number of hydrogen-bond acceptors (Lipinski definition) is 8. The number of halogens is 1. The molecule has 0 aromatic rings. The zero-order valence-corrected chi connectivity index (χ0v) is 15.9. The van der Waals surface area contributed by atoms with Gasteiger partial charge in [0.1, 0.15) is 12.2 Å². The molecule has 2 rings (SSSR count). The Kier molecular flexibility index (Phi) is 6.56. The third-order valence-electron chi connectivity index (χ3n) is 3.37. The fraction of sp³-hybridized carbons (Fsp3) is 0.733. The molecular weight excluding hydrogens is 404 g/mol. The Morgan fingerprint density at radius 2 is 2.12 bits per heavy atom. The number of terminal acetylenes is 1. The molecule has 0 aromatic heterocycles. The minimum Gasteiger partial charge on any atom is -0.457 e. The normalized spacial score (nSPS) is 31.8. The van der Waals surface area contributed by atoms with Crippen LogP contribution in [-0.2, 0) is 28.5 Å². The molecule has 0 N–H and O–H groups in total. The van der Waals surface area contributed by atoms with Crippen molar-refractivity contribution < 1.29 is 33.3 Å². The summed E-state index contributed by atoms with van der Waals surface area (Å²) in [6.07, 6.45) is 1.68. The molecule has 2 heterocycles. The Morgan fingerprint density at radius 1 is 1.42 bits per heavy atom. The smallest absolute Gasteiger partial charge is 0.368 e. The zero-order valence-electron chi connectivity index (χ0n) is 13.5. The van der Waals surface area contributed by atoms with E-state index in [0.717, 1.165) is 11.8 Å². The van der Waals surface area contributed by atoms with Crippen LogP contribution in [0, 0.1) is 12.3 Å². The summed E-state index contributed by atoms with van der Waals surface area (Å²) in [6.45, 7) is 4.78. The number of alkyl halides is 1. The SMILES string of the molecule is C#CCSC(=O)O[C@H](CBr)[C@H]1O[C@@H]2OC(C)(C)O[C@@H]2[C@H]1OC(C)=O. The van der Waals surface area contributed by atoms with Gasteiger partial charge in [-0.15, -0.1) is 6.42 Å². The maximum absolute atomic E-state index is 11.8. The van der Waals surface area contributed by atoms with E-state index in [-0.39, 0.29) is 5.75 Å². The van der Waals surface area contributed by atoms with E-state index in [0.29, 0.717) is 5.33 Å². The Balaban J connectivity index is 2.10. The molecule has 0 saturated carbocycles. The molecule has 0 aliphatic carbocycles. The molecule has 0 radical (unpaired) electrons. The van der Waals surface area contributed by atoms with Crippen LogP contribution in [0.2, 0.25) is 0 Å². The molecule has 0 bridgehead atoms. The van der Waals surface area contributed by atoms with Gasteiger partial charge in [0.25, 0.3) is 0 Å². The van der Waals surface area contributed by atoms with E-state index in [2.05, 4.69) is 21.9 Å². The van der Waals surface area contributed by atoms with E-state index in [1.54, 1.807) is 13.8 Å². The van der Waals surface area contributed by atoms with Gasteiger partial charge in [0.05, 0.1) is 5.75 Å². The Hall–Kier alpha value is -0.790. The largest absolute Gasteiger partial charge is 0.457 e. The standard InChI is InChI=1S/C15H19BrO7S/c1-5-6-24-14(18)20-9(7-16)10-11(19-8(2)17)12-13(21-10)23-15(3,4)22-12/h1,9-13H,6-7H2,2-4H3/t9-,10-,11+,12-,13-/m1/s1. The van der Waals surface area contributed by atoms with E-state index in [4.69, 9.17) is 30.1 Å². The first-order valence-corrected chi connectivity index (χ1v) is 9.39. The van der Waals surface area contributed by atoms with Crippen LogP contribution < -0.4 is 0 Å². The number of carbonyl (C=O) groups excluding carboxylic acids is 2. The molecule has 0 unspecified atom stereocenters. The molecule has 5 atom stereocenters. The molecule has 134 valence electrons. The van der Waals surface area contributed by atoms with Crippen molar-refractivity contribution in [2.45, 2.75) is 57.3 Å². The predicted octanol–water partition coefficient (Wildman–Crippen LogP) is 2.06. The fourth-order valence-corrected chi connectivity index (χ4v) is 3.47. The first-order valence-electron chi connectivity index (χ1n) is 7.28. The molecule has 7 nitrogen and oxygen atoms in total. The molecule has 2 aliphatic heterocycles. The summed E-state index contributed by atoms with van der Waals surface area (Å²) in [7, 11) is 0. The lowest BCUT2D eigenvalue weighted by Gasteiger charge is -2.29. The maximum atomic E-state index is 11.8. The van der Waals surface area contributed by atoms with Crippen molar-refractivity contribution in [2.24, 2.45) is 0 Å². The number of ether oxygens (including phenoxy) is 5.